The summed E-state index contributed by atoms with van der Waals surface area (Å²) in [5, 5.41) is 6.51. The van der Waals surface area contributed by atoms with E-state index in [-0.39, 0.29) is 11.8 Å². The highest BCUT2D eigenvalue weighted by Crippen LogP contribution is 2.39. The van der Waals surface area contributed by atoms with Gasteiger partial charge in [0.25, 0.3) is 11.8 Å². The first-order valence-electron chi connectivity index (χ1n) is 10.1. The predicted molar refractivity (Wildman–Crippen MR) is 124 cm³/mol. The smallest absolute Gasteiger partial charge is 0.262 e. The summed E-state index contributed by atoms with van der Waals surface area (Å²) < 4.78 is 0. The van der Waals surface area contributed by atoms with E-state index in [0.29, 0.717) is 27.7 Å². The van der Waals surface area contributed by atoms with Crippen molar-refractivity contribution >= 4 is 46.9 Å². The van der Waals surface area contributed by atoms with Crippen molar-refractivity contribution in [2.75, 3.05) is 11.9 Å². The molecular formula is C24H23ClN2O2S. The van der Waals surface area contributed by atoms with Gasteiger partial charge in [-0.3, -0.25) is 9.59 Å². The van der Waals surface area contributed by atoms with Crippen LogP contribution in [0, 0.1) is 0 Å². The third-order valence-corrected chi connectivity index (χ3v) is 6.53. The van der Waals surface area contributed by atoms with Crippen molar-refractivity contribution in [2.24, 2.45) is 0 Å². The van der Waals surface area contributed by atoms with E-state index in [9.17, 15) is 9.59 Å². The molecule has 0 unspecified atom stereocenters. The van der Waals surface area contributed by atoms with E-state index in [1.807, 2.05) is 30.3 Å². The predicted octanol–water partition coefficient (Wildman–Crippen LogP) is 6.05. The minimum atomic E-state index is -0.186. The van der Waals surface area contributed by atoms with Gasteiger partial charge in [0.2, 0.25) is 0 Å². The highest BCUT2D eigenvalue weighted by atomic mass is 35.5. The first-order chi connectivity index (χ1) is 14.6. The Hall–Kier alpha value is -2.50. The van der Waals surface area contributed by atoms with Gasteiger partial charge in [0.05, 0.1) is 10.6 Å². The zero-order valence-corrected chi connectivity index (χ0v) is 18.1. The summed E-state index contributed by atoms with van der Waals surface area (Å²) in [6.07, 6.45) is 9.83. The second-order valence-corrected chi connectivity index (χ2v) is 8.96. The summed E-state index contributed by atoms with van der Waals surface area (Å²) in [6, 6.07) is 12.8. The van der Waals surface area contributed by atoms with E-state index in [1.54, 1.807) is 18.2 Å². The van der Waals surface area contributed by atoms with Gasteiger partial charge in [-0.15, -0.1) is 0 Å². The van der Waals surface area contributed by atoms with Crippen molar-refractivity contribution < 1.29 is 9.59 Å². The van der Waals surface area contributed by atoms with Crippen LogP contribution < -0.4 is 10.6 Å². The summed E-state index contributed by atoms with van der Waals surface area (Å²) in [6.45, 7) is 0.634. The van der Waals surface area contributed by atoms with Gasteiger partial charge in [0.15, 0.2) is 0 Å². The molecule has 2 amide bonds. The Morgan fingerprint density at radius 1 is 1.20 bits per heavy atom. The van der Waals surface area contributed by atoms with Crippen LogP contribution in [0.5, 0.6) is 0 Å². The topological polar surface area (TPSA) is 58.2 Å². The average Bonchev–Trinajstić information content (AvgIpc) is 2.75. The molecule has 1 heterocycles. The highest BCUT2D eigenvalue weighted by molar-refractivity contribution is 8.04. The standard InChI is InChI=1S/C24H23ClN2O2S/c25-19-8-4-7-17(13-19)14-22-24(29)27-20-15-18(9-10-21(20)30-22)23(28)26-12-11-16-5-2-1-3-6-16/h4-5,7-10,13-15H,1-3,6,11-12H2,(H,26,28)(H,27,29)/b22-14+. The van der Waals surface area contributed by atoms with Crippen LogP contribution in [-0.4, -0.2) is 18.4 Å². The number of hydrogen-bond acceptors (Lipinski definition) is 3. The number of nitrogens with one attached hydrogen (secondary N) is 2. The number of carbonyl (C=O) groups is 2. The number of amides is 2. The lowest BCUT2D eigenvalue weighted by Gasteiger charge is -2.19. The molecule has 154 valence electrons. The first-order valence-corrected chi connectivity index (χ1v) is 11.3. The fourth-order valence-corrected chi connectivity index (χ4v) is 4.75. The van der Waals surface area contributed by atoms with Crippen molar-refractivity contribution in [3.05, 3.63) is 75.2 Å². The number of allylic oxidation sites excluding steroid dienone is 1. The third-order valence-electron chi connectivity index (χ3n) is 5.20. The van der Waals surface area contributed by atoms with Crippen LogP contribution in [0.2, 0.25) is 5.02 Å². The van der Waals surface area contributed by atoms with Gasteiger partial charge in [-0.2, -0.15) is 0 Å². The average molecular weight is 439 g/mol. The van der Waals surface area contributed by atoms with Gasteiger partial charge < -0.3 is 10.6 Å². The Labute approximate surface area is 185 Å². The molecule has 0 aromatic heterocycles. The zero-order chi connectivity index (χ0) is 20.9. The monoisotopic (exact) mass is 438 g/mol. The SMILES string of the molecule is O=C1Nc2cc(C(=O)NCCC3=CCCCC3)ccc2S/C1=C/c1cccc(Cl)c1. The van der Waals surface area contributed by atoms with E-state index in [4.69, 9.17) is 11.6 Å². The van der Waals surface area contributed by atoms with Crippen LogP contribution in [0.3, 0.4) is 0 Å². The number of benzene rings is 2. The van der Waals surface area contributed by atoms with E-state index in [1.165, 1.54) is 30.2 Å². The largest absolute Gasteiger partial charge is 0.352 e. The van der Waals surface area contributed by atoms with Crippen molar-refractivity contribution in [1.29, 1.82) is 0 Å². The van der Waals surface area contributed by atoms with E-state index >= 15 is 0 Å². The van der Waals surface area contributed by atoms with Gasteiger partial charge >= 0.3 is 0 Å². The van der Waals surface area contributed by atoms with Crippen LogP contribution in [0.1, 0.15) is 48.0 Å². The van der Waals surface area contributed by atoms with Crippen LogP contribution in [0.4, 0.5) is 5.69 Å². The van der Waals surface area contributed by atoms with Crippen LogP contribution >= 0.6 is 23.4 Å². The van der Waals surface area contributed by atoms with Crippen molar-refractivity contribution in [2.45, 2.75) is 37.0 Å². The Morgan fingerprint density at radius 3 is 2.90 bits per heavy atom. The Balaban J connectivity index is 1.41. The molecule has 1 aliphatic heterocycles. The molecule has 1 aliphatic carbocycles. The van der Waals surface area contributed by atoms with Gasteiger partial charge in [-0.05, 0) is 74.1 Å². The molecule has 0 radical (unpaired) electrons. The lowest BCUT2D eigenvalue weighted by atomic mass is 9.97. The molecular weight excluding hydrogens is 416 g/mol. The molecule has 4 rings (SSSR count). The van der Waals surface area contributed by atoms with Gasteiger partial charge in [0, 0.05) is 22.0 Å². The molecule has 30 heavy (non-hydrogen) atoms. The number of rotatable bonds is 5. The van der Waals surface area contributed by atoms with Gasteiger partial charge in [-0.25, -0.2) is 0 Å². The number of thioether (sulfide) groups is 1. The Bertz CT molecular complexity index is 1050. The Morgan fingerprint density at radius 2 is 2.10 bits per heavy atom. The van der Waals surface area contributed by atoms with E-state index in [2.05, 4.69) is 16.7 Å². The quantitative estimate of drug-likeness (QED) is 0.441. The number of halogens is 1. The molecule has 2 aromatic carbocycles. The van der Waals surface area contributed by atoms with Crippen molar-refractivity contribution in [3.8, 4) is 0 Å². The lowest BCUT2D eigenvalue weighted by molar-refractivity contribution is -0.112. The molecule has 0 atom stereocenters. The number of anilines is 1. The molecule has 2 aliphatic rings. The molecule has 6 heteroatoms. The second-order valence-electron chi connectivity index (χ2n) is 7.44. The fourth-order valence-electron chi connectivity index (χ4n) is 3.62. The van der Waals surface area contributed by atoms with Crippen LogP contribution in [-0.2, 0) is 4.79 Å². The minimum Gasteiger partial charge on any atom is -0.352 e. The van der Waals surface area contributed by atoms with Crippen LogP contribution in [0.25, 0.3) is 6.08 Å². The zero-order valence-electron chi connectivity index (χ0n) is 16.5. The van der Waals surface area contributed by atoms with E-state index in [0.717, 1.165) is 29.7 Å². The maximum Gasteiger partial charge on any atom is 0.262 e. The van der Waals surface area contributed by atoms with Gasteiger partial charge in [0.1, 0.15) is 0 Å². The molecule has 0 spiro atoms. The summed E-state index contributed by atoms with van der Waals surface area (Å²) in [5.74, 6) is -0.303. The number of carbonyl (C=O) groups excluding carboxylic acids is 2. The molecule has 2 N–H and O–H groups in total. The van der Waals surface area contributed by atoms with E-state index < -0.39 is 0 Å². The highest BCUT2D eigenvalue weighted by Gasteiger charge is 2.22. The molecule has 0 bridgehead atoms. The first kappa shape index (κ1) is 20.8. The fraction of sp³-hybridized carbons (Fsp3) is 0.250. The summed E-state index contributed by atoms with van der Waals surface area (Å²) >= 11 is 7.42. The third kappa shape index (κ3) is 5.15. The maximum absolute atomic E-state index is 12.5. The molecule has 0 saturated heterocycles. The number of fused-ring (bicyclic) bond motifs is 1. The second kappa shape index (κ2) is 9.54. The normalized spacial score (nSPS) is 17.2. The number of hydrogen-bond donors (Lipinski definition) is 2. The van der Waals surface area contributed by atoms with Crippen molar-refractivity contribution in [3.63, 3.8) is 0 Å². The molecule has 4 nitrogen and oxygen atoms in total. The van der Waals surface area contributed by atoms with Crippen LogP contribution in [0.15, 0.2) is 63.9 Å². The summed E-state index contributed by atoms with van der Waals surface area (Å²) in [4.78, 5) is 26.5. The Kier molecular flexibility index (Phi) is 6.60. The molecule has 0 saturated carbocycles. The van der Waals surface area contributed by atoms with Crippen molar-refractivity contribution in [1.82, 2.24) is 5.32 Å². The minimum absolute atomic E-state index is 0.117. The lowest BCUT2D eigenvalue weighted by Crippen LogP contribution is -2.25. The molecule has 0 fully saturated rings. The maximum atomic E-state index is 12.5. The molecule has 2 aromatic rings. The summed E-state index contributed by atoms with van der Waals surface area (Å²) in [5.41, 5.74) is 3.52. The summed E-state index contributed by atoms with van der Waals surface area (Å²) in [7, 11) is 0. The van der Waals surface area contributed by atoms with Gasteiger partial charge in [-0.1, -0.05) is 47.1 Å².